The second-order valence-electron chi connectivity index (χ2n) is 3.38. The minimum Gasteiger partial charge on any atom is -0.504 e. The molecule has 0 aliphatic heterocycles. The summed E-state index contributed by atoms with van der Waals surface area (Å²) >= 11 is 0. The van der Waals surface area contributed by atoms with Gasteiger partial charge >= 0.3 is 0 Å². The second-order valence-corrected chi connectivity index (χ2v) is 3.38. The molecule has 15 heavy (non-hydrogen) atoms. The van der Waals surface area contributed by atoms with E-state index in [1.165, 1.54) is 13.0 Å². The van der Waals surface area contributed by atoms with E-state index in [1.54, 1.807) is 10.8 Å². The molecule has 5 heteroatoms. The van der Waals surface area contributed by atoms with Crippen molar-refractivity contribution in [3.05, 3.63) is 18.0 Å². The molecule has 0 amide bonds. The summed E-state index contributed by atoms with van der Waals surface area (Å²) in [5.74, 6) is -0.573. The van der Waals surface area contributed by atoms with Crippen molar-refractivity contribution in [2.24, 2.45) is 0 Å². The zero-order chi connectivity index (χ0) is 11.4. The lowest BCUT2D eigenvalue weighted by molar-refractivity contribution is -0.708. The van der Waals surface area contributed by atoms with E-state index < -0.39 is 6.10 Å². The zero-order valence-electron chi connectivity index (χ0n) is 8.59. The molecule has 1 atom stereocenters. The van der Waals surface area contributed by atoms with E-state index >= 15 is 0 Å². The maximum Gasteiger partial charge on any atom is 0.255 e. The van der Waals surface area contributed by atoms with Gasteiger partial charge in [-0.15, -0.1) is 0 Å². The molecule has 0 saturated heterocycles. The summed E-state index contributed by atoms with van der Waals surface area (Å²) in [6.07, 6.45) is 1.21. The topological polar surface area (TPSA) is 84.8 Å². The highest BCUT2D eigenvalue weighted by atomic mass is 16.3. The molecule has 1 aromatic rings. The molecule has 1 unspecified atom stereocenters. The molecule has 0 spiro atoms. The Labute approximate surface area is 87.9 Å². The number of hydrogen-bond donors (Lipinski definition) is 4. The molecule has 0 aliphatic rings. The van der Waals surface area contributed by atoms with E-state index in [1.807, 2.05) is 0 Å². The van der Waals surface area contributed by atoms with Gasteiger partial charge in [-0.1, -0.05) is 0 Å². The summed E-state index contributed by atoms with van der Waals surface area (Å²) in [6, 6.07) is 1.35. The number of rotatable bonds is 4. The van der Waals surface area contributed by atoms with E-state index in [0.717, 1.165) is 0 Å². The largest absolute Gasteiger partial charge is 0.504 e. The highest BCUT2D eigenvalue weighted by Gasteiger charge is 2.23. The minimum atomic E-state index is -0.879. The predicted octanol–water partition coefficient (Wildman–Crippen LogP) is -0.179. The molecular formula is C10H16NO4+. The van der Waals surface area contributed by atoms with Gasteiger partial charge in [-0.2, -0.15) is 4.57 Å². The van der Waals surface area contributed by atoms with Gasteiger partial charge in [0.1, 0.15) is 6.10 Å². The third kappa shape index (κ3) is 2.57. The number of aromatic nitrogens is 1. The minimum absolute atomic E-state index is 0.0356. The number of nitrogens with zero attached hydrogens (tertiary/aromatic N) is 1. The first-order valence-electron chi connectivity index (χ1n) is 4.81. The molecule has 84 valence electrons. The Bertz CT molecular complexity index is 338. The lowest BCUT2D eigenvalue weighted by Gasteiger charge is -2.08. The molecule has 1 heterocycles. The van der Waals surface area contributed by atoms with Crippen LogP contribution in [0.5, 0.6) is 11.5 Å². The van der Waals surface area contributed by atoms with Crippen LogP contribution < -0.4 is 4.57 Å². The SMILES string of the molecule is CC(O)c1c(O)c(O)cc[n+]1CCCO. The van der Waals surface area contributed by atoms with E-state index in [2.05, 4.69) is 0 Å². The Morgan fingerprint density at radius 2 is 2.07 bits per heavy atom. The molecular weight excluding hydrogens is 198 g/mol. The summed E-state index contributed by atoms with van der Waals surface area (Å²) in [5.41, 5.74) is 0.253. The van der Waals surface area contributed by atoms with Crippen molar-refractivity contribution >= 4 is 0 Å². The van der Waals surface area contributed by atoms with Crippen molar-refractivity contribution in [3.8, 4) is 11.5 Å². The summed E-state index contributed by atoms with van der Waals surface area (Å²) < 4.78 is 1.61. The fourth-order valence-corrected chi connectivity index (χ4v) is 1.46. The molecule has 0 aromatic carbocycles. The van der Waals surface area contributed by atoms with Crippen molar-refractivity contribution in [2.75, 3.05) is 6.61 Å². The van der Waals surface area contributed by atoms with Gasteiger partial charge in [0.2, 0.25) is 5.75 Å². The fourth-order valence-electron chi connectivity index (χ4n) is 1.46. The van der Waals surface area contributed by atoms with Crippen molar-refractivity contribution in [1.29, 1.82) is 0 Å². The number of pyridine rings is 1. The number of aliphatic hydroxyl groups is 2. The normalized spacial score (nSPS) is 12.7. The van der Waals surface area contributed by atoms with Crippen LogP contribution in [-0.4, -0.2) is 27.0 Å². The Kier molecular flexibility index (Phi) is 3.88. The Hall–Kier alpha value is -1.33. The monoisotopic (exact) mass is 214 g/mol. The second kappa shape index (κ2) is 4.95. The van der Waals surface area contributed by atoms with Crippen LogP contribution in [0.2, 0.25) is 0 Å². The predicted molar refractivity (Wildman–Crippen MR) is 52.3 cm³/mol. The molecule has 0 radical (unpaired) electrons. The number of aliphatic hydroxyl groups excluding tert-OH is 2. The summed E-state index contributed by atoms with van der Waals surface area (Å²) in [5, 5.41) is 37.0. The number of aryl methyl sites for hydroxylation is 1. The van der Waals surface area contributed by atoms with Crippen LogP contribution in [0, 0.1) is 0 Å². The van der Waals surface area contributed by atoms with E-state index in [4.69, 9.17) is 5.11 Å². The van der Waals surface area contributed by atoms with Crippen molar-refractivity contribution in [3.63, 3.8) is 0 Å². The lowest BCUT2D eigenvalue weighted by atomic mass is 10.2. The molecule has 5 nitrogen and oxygen atoms in total. The van der Waals surface area contributed by atoms with Crippen LogP contribution in [0.3, 0.4) is 0 Å². The average Bonchev–Trinajstić information content (AvgIpc) is 2.19. The van der Waals surface area contributed by atoms with Gasteiger partial charge in [-0.25, -0.2) is 0 Å². The van der Waals surface area contributed by atoms with Crippen molar-refractivity contribution in [2.45, 2.75) is 26.0 Å². The van der Waals surface area contributed by atoms with Crippen LogP contribution in [0.25, 0.3) is 0 Å². The van der Waals surface area contributed by atoms with Crippen molar-refractivity contribution in [1.82, 2.24) is 0 Å². The smallest absolute Gasteiger partial charge is 0.255 e. The summed E-state index contributed by atoms with van der Waals surface area (Å²) in [6.45, 7) is 2.02. The van der Waals surface area contributed by atoms with Crippen LogP contribution in [0.4, 0.5) is 0 Å². The van der Waals surface area contributed by atoms with Gasteiger partial charge in [-0.05, 0) is 6.92 Å². The summed E-state index contributed by atoms with van der Waals surface area (Å²) in [4.78, 5) is 0. The Morgan fingerprint density at radius 1 is 1.40 bits per heavy atom. The Balaban J connectivity index is 3.09. The van der Waals surface area contributed by atoms with Crippen LogP contribution in [0.15, 0.2) is 12.3 Å². The molecule has 0 aliphatic carbocycles. The molecule has 0 saturated carbocycles. The number of aromatic hydroxyl groups is 2. The van der Waals surface area contributed by atoms with E-state index in [0.29, 0.717) is 13.0 Å². The highest BCUT2D eigenvalue weighted by Crippen LogP contribution is 2.29. The average molecular weight is 214 g/mol. The molecule has 0 bridgehead atoms. The third-order valence-electron chi connectivity index (χ3n) is 2.16. The molecule has 1 aromatic heterocycles. The lowest BCUT2D eigenvalue weighted by Crippen LogP contribution is -2.39. The molecule has 0 fully saturated rings. The third-order valence-corrected chi connectivity index (χ3v) is 2.16. The van der Waals surface area contributed by atoms with Crippen LogP contribution in [0.1, 0.15) is 25.1 Å². The quantitative estimate of drug-likeness (QED) is 0.524. The van der Waals surface area contributed by atoms with Gasteiger partial charge in [-0.3, -0.25) is 0 Å². The van der Waals surface area contributed by atoms with Crippen molar-refractivity contribution < 1.29 is 25.0 Å². The molecule has 4 N–H and O–H groups in total. The van der Waals surface area contributed by atoms with Gasteiger partial charge in [0.15, 0.2) is 18.5 Å². The maximum absolute atomic E-state index is 9.55. The summed E-state index contributed by atoms with van der Waals surface area (Å²) in [7, 11) is 0. The van der Waals surface area contributed by atoms with E-state index in [9.17, 15) is 15.3 Å². The first-order valence-corrected chi connectivity index (χ1v) is 4.81. The van der Waals surface area contributed by atoms with Gasteiger partial charge < -0.3 is 20.4 Å². The van der Waals surface area contributed by atoms with Gasteiger partial charge in [0.25, 0.3) is 5.69 Å². The van der Waals surface area contributed by atoms with Crippen LogP contribution >= 0.6 is 0 Å². The maximum atomic E-state index is 9.55. The fraction of sp³-hybridized carbons (Fsp3) is 0.500. The van der Waals surface area contributed by atoms with Gasteiger partial charge in [0, 0.05) is 19.1 Å². The first-order chi connectivity index (χ1) is 7.07. The van der Waals surface area contributed by atoms with Gasteiger partial charge in [0.05, 0.1) is 0 Å². The number of hydrogen-bond acceptors (Lipinski definition) is 4. The Morgan fingerprint density at radius 3 is 2.60 bits per heavy atom. The highest BCUT2D eigenvalue weighted by molar-refractivity contribution is 5.38. The first kappa shape index (κ1) is 11.7. The molecule has 1 rings (SSSR count). The zero-order valence-corrected chi connectivity index (χ0v) is 8.59. The van der Waals surface area contributed by atoms with Crippen LogP contribution in [-0.2, 0) is 6.54 Å². The van der Waals surface area contributed by atoms with E-state index in [-0.39, 0.29) is 23.8 Å². The standard InChI is InChI=1S/C10H15NO4/c1-7(13)9-10(15)8(14)3-5-11(9)4-2-6-12/h3,5,7,12-13,15H,2,4,6H2,1H3/p+1.